The van der Waals surface area contributed by atoms with Crippen LogP contribution in [-0.4, -0.2) is 0 Å². The van der Waals surface area contributed by atoms with Gasteiger partial charge in [0, 0.05) is 22.0 Å². The van der Waals surface area contributed by atoms with Gasteiger partial charge in [-0.3, -0.25) is 0 Å². The molecule has 0 radical (unpaired) electrons. The van der Waals surface area contributed by atoms with E-state index in [1.165, 1.54) is 43.8 Å². The molecule has 2 nitrogen and oxygen atoms in total. The highest BCUT2D eigenvalue weighted by Crippen LogP contribution is 2.48. The van der Waals surface area contributed by atoms with Crippen LogP contribution in [-0.2, 0) is 0 Å². The lowest BCUT2D eigenvalue weighted by atomic mass is 9.97. The highest BCUT2D eigenvalue weighted by molar-refractivity contribution is 6.20. The van der Waals surface area contributed by atoms with Crippen molar-refractivity contribution in [2.24, 2.45) is 0 Å². The number of rotatable bonds is 6. The Labute approximate surface area is 302 Å². The molecule has 9 aromatic carbocycles. The molecule has 10 rings (SSSR count). The summed E-state index contributed by atoms with van der Waals surface area (Å²) >= 11 is 0. The molecule has 1 aromatic heterocycles. The fourth-order valence-electron chi connectivity index (χ4n) is 7.76. The van der Waals surface area contributed by atoms with E-state index in [0.29, 0.717) is 0 Å². The topological polar surface area (TPSA) is 16.4 Å². The SMILES string of the molecule is c1ccc(-c2ccc(-c3ccc(N(c4cccc5ccc6ccccc6c45)c4ccc(-c5ccccc5)c5oc6ccccc6c45)cc3)cc2)cc1. The summed E-state index contributed by atoms with van der Waals surface area (Å²) < 4.78 is 6.75. The van der Waals surface area contributed by atoms with Crippen molar-refractivity contribution in [1.29, 1.82) is 0 Å². The average molecular weight is 664 g/mol. The summed E-state index contributed by atoms with van der Waals surface area (Å²) in [6, 6.07) is 71.6. The maximum Gasteiger partial charge on any atom is 0.145 e. The van der Waals surface area contributed by atoms with Gasteiger partial charge in [0.1, 0.15) is 11.2 Å². The van der Waals surface area contributed by atoms with Gasteiger partial charge in [-0.15, -0.1) is 0 Å². The predicted octanol–water partition coefficient (Wildman–Crippen LogP) is 14.4. The molecular weight excluding hydrogens is 631 g/mol. The van der Waals surface area contributed by atoms with Gasteiger partial charge in [0.2, 0.25) is 0 Å². The molecule has 0 amide bonds. The molecule has 0 aliphatic heterocycles. The number of furan rings is 1. The van der Waals surface area contributed by atoms with Crippen LogP contribution in [0.4, 0.5) is 17.1 Å². The molecule has 0 N–H and O–H groups in total. The molecule has 10 aromatic rings. The summed E-state index contributed by atoms with van der Waals surface area (Å²) in [5, 5.41) is 7.05. The van der Waals surface area contributed by atoms with Crippen LogP contribution in [0.1, 0.15) is 0 Å². The maximum atomic E-state index is 6.75. The zero-order chi connectivity index (χ0) is 34.4. The molecule has 0 aliphatic carbocycles. The van der Waals surface area contributed by atoms with Crippen molar-refractivity contribution in [2.45, 2.75) is 0 Å². The minimum absolute atomic E-state index is 0.875. The first-order valence-corrected chi connectivity index (χ1v) is 17.8. The first kappa shape index (κ1) is 30.0. The highest BCUT2D eigenvalue weighted by Gasteiger charge is 2.24. The van der Waals surface area contributed by atoms with Crippen molar-refractivity contribution in [1.82, 2.24) is 0 Å². The summed E-state index contributed by atoms with van der Waals surface area (Å²) in [5.41, 5.74) is 12.0. The van der Waals surface area contributed by atoms with Gasteiger partial charge in [-0.05, 0) is 80.4 Å². The number of hydrogen-bond acceptors (Lipinski definition) is 2. The second kappa shape index (κ2) is 12.5. The summed E-state index contributed by atoms with van der Waals surface area (Å²) in [5.74, 6) is 0. The van der Waals surface area contributed by atoms with Gasteiger partial charge < -0.3 is 9.32 Å². The van der Waals surface area contributed by atoms with Crippen LogP contribution in [0, 0.1) is 0 Å². The molecule has 244 valence electrons. The lowest BCUT2D eigenvalue weighted by Crippen LogP contribution is -2.11. The molecule has 0 saturated heterocycles. The number of benzene rings is 9. The summed E-state index contributed by atoms with van der Waals surface area (Å²) in [7, 11) is 0. The van der Waals surface area contributed by atoms with E-state index >= 15 is 0 Å². The fraction of sp³-hybridized carbons (Fsp3) is 0. The minimum Gasteiger partial charge on any atom is -0.455 e. The Balaban J connectivity index is 1.20. The maximum absolute atomic E-state index is 6.75. The third-order valence-electron chi connectivity index (χ3n) is 10.3. The van der Waals surface area contributed by atoms with Crippen LogP contribution in [0.5, 0.6) is 0 Å². The van der Waals surface area contributed by atoms with E-state index in [4.69, 9.17) is 4.42 Å². The van der Waals surface area contributed by atoms with Gasteiger partial charge in [-0.2, -0.15) is 0 Å². The lowest BCUT2D eigenvalue weighted by Gasteiger charge is -2.28. The fourth-order valence-corrected chi connectivity index (χ4v) is 7.76. The number of para-hydroxylation sites is 1. The predicted molar refractivity (Wildman–Crippen MR) is 220 cm³/mol. The Hall–Kier alpha value is -6.90. The van der Waals surface area contributed by atoms with E-state index in [-0.39, 0.29) is 0 Å². The van der Waals surface area contributed by atoms with Crippen molar-refractivity contribution >= 4 is 60.5 Å². The first-order valence-electron chi connectivity index (χ1n) is 17.8. The second-order valence-corrected chi connectivity index (χ2v) is 13.3. The molecule has 52 heavy (non-hydrogen) atoms. The number of anilines is 3. The van der Waals surface area contributed by atoms with Crippen LogP contribution in [0.2, 0.25) is 0 Å². The number of hydrogen-bond donors (Lipinski definition) is 0. The molecule has 1 heterocycles. The molecule has 0 bridgehead atoms. The third-order valence-corrected chi connectivity index (χ3v) is 10.3. The smallest absolute Gasteiger partial charge is 0.145 e. The normalized spacial score (nSPS) is 11.5. The van der Waals surface area contributed by atoms with Crippen molar-refractivity contribution in [3.63, 3.8) is 0 Å². The largest absolute Gasteiger partial charge is 0.455 e. The van der Waals surface area contributed by atoms with Crippen molar-refractivity contribution in [3.8, 4) is 33.4 Å². The molecule has 0 atom stereocenters. The molecule has 0 fully saturated rings. The van der Waals surface area contributed by atoms with Gasteiger partial charge in [0.15, 0.2) is 0 Å². The average Bonchev–Trinajstić information content (AvgIpc) is 3.62. The van der Waals surface area contributed by atoms with Crippen LogP contribution >= 0.6 is 0 Å². The quantitative estimate of drug-likeness (QED) is 0.165. The Morgan fingerprint density at radius 1 is 0.327 bits per heavy atom. The number of nitrogens with zero attached hydrogens (tertiary/aromatic N) is 1. The Morgan fingerprint density at radius 3 is 1.60 bits per heavy atom. The molecule has 0 unspecified atom stereocenters. The summed E-state index contributed by atoms with van der Waals surface area (Å²) in [4.78, 5) is 2.43. The van der Waals surface area contributed by atoms with Crippen LogP contribution in [0.25, 0.3) is 76.9 Å². The molecule has 2 heteroatoms. The van der Waals surface area contributed by atoms with Crippen molar-refractivity contribution in [2.75, 3.05) is 4.90 Å². The molecule has 0 saturated carbocycles. The Bertz CT molecular complexity index is 2870. The third kappa shape index (κ3) is 5.04. The number of fused-ring (bicyclic) bond motifs is 6. The van der Waals surface area contributed by atoms with Gasteiger partial charge >= 0.3 is 0 Å². The lowest BCUT2D eigenvalue weighted by molar-refractivity contribution is 0.670. The van der Waals surface area contributed by atoms with Crippen molar-refractivity contribution < 1.29 is 4.42 Å². The monoisotopic (exact) mass is 663 g/mol. The van der Waals surface area contributed by atoms with Crippen LogP contribution < -0.4 is 4.90 Å². The second-order valence-electron chi connectivity index (χ2n) is 13.3. The van der Waals surface area contributed by atoms with E-state index in [9.17, 15) is 0 Å². The van der Waals surface area contributed by atoms with Crippen LogP contribution in [0.15, 0.2) is 205 Å². The molecule has 0 aliphatic rings. The highest BCUT2D eigenvalue weighted by atomic mass is 16.3. The van der Waals surface area contributed by atoms with Gasteiger partial charge in [-0.25, -0.2) is 0 Å². The van der Waals surface area contributed by atoms with E-state index in [0.717, 1.165) is 50.1 Å². The zero-order valence-corrected chi connectivity index (χ0v) is 28.4. The van der Waals surface area contributed by atoms with E-state index < -0.39 is 0 Å². The van der Waals surface area contributed by atoms with Crippen molar-refractivity contribution in [3.05, 3.63) is 200 Å². The summed E-state index contributed by atoms with van der Waals surface area (Å²) in [6.07, 6.45) is 0. The van der Waals surface area contributed by atoms with Gasteiger partial charge in [0.25, 0.3) is 0 Å². The molecular formula is C50H33NO. The standard InChI is InChI=1S/C50H33NO/c1-3-12-34(13-4-1)35-22-24-36(25-23-35)37-28-30-41(31-29-37)51(45-20-11-17-40-27-26-39-16-7-8-18-42(39)48(40)45)46-33-32-43(38-14-5-2-6-15-38)50-49(46)44-19-9-10-21-47(44)52-50/h1-33H. The van der Waals surface area contributed by atoms with Gasteiger partial charge in [-0.1, -0.05) is 164 Å². The van der Waals surface area contributed by atoms with E-state index in [1.807, 2.05) is 6.07 Å². The van der Waals surface area contributed by atoms with Gasteiger partial charge in [0.05, 0.1) is 16.8 Å². The Morgan fingerprint density at radius 2 is 0.865 bits per heavy atom. The molecule has 0 spiro atoms. The van der Waals surface area contributed by atoms with E-state index in [1.54, 1.807) is 0 Å². The first-order chi connectivity index (χ1) is 25.8. The zero-order valence-electron chi connectivity index (χ0n) is 28.4. The Kier molecular flexibility index (Phi) is 7.18. The van der Waals surface area contributed by atoms with Crippen LogP contribution in [0.3, 0.4) is 0 Å². The summed E-state index contributed by atoms with van der Waals surface area (Å²) in [6.45, 7) is 0. The minimum atomic E-state index is 0.875. The van der Waals surface area contributed by atoms with E-state index in [2.05, 4.69) is 199 Å².